The van der Waals surface area contributed by atoms with Crippen molar-refractivity contribution < 1.29 is 9.53 Å². The molecule has 0 spiro atoms. The van der Waals surface area contributed by atoms with Gasteiger partial charge in [0.2, 0.25) is 0 Å². The van der Waals surface area contributed by atoms with E-state index in [-0.39, 0.29) is 5.78 Å². The highest BCUT2D eigenvalue weighted by atomic mass is 79.9. The monoisotopic (exact) mass is 358 g/mol. The summed E-state index contributed by atoms with van der Waals surface area (Å²) >= 11 is 11.0. The number of halogens is 2. The first-order valence-corrected chi connectivity index (χ1v) is 7.67. The summed E-state index contributed by atoms with van der Waals surface area (Å²) < 4.78 is 6.06. The summed E-state index contributed by atoms with van der Waals surface area (Å²) in [5.74, 6) is 0.761. The molecule has 0 fully saturated rings. The standard InChI is InChI=1S/C14H12BrClO2S/c1-8-7-19-14(13(8)16)12(17)6-9-5-10(18-2)3-4-11(9)15/h3-5,7H,6H2,1-2H3. The predicted molar refractivity (Wildman–Crippen MR) is 82.8 cm³/mol. The van der Waals surface area contributed by atoms with Crippen molar-refractivity contribution in [3.8, 4) is 5.75 Å². The molecule has 1 heterocycles. The van der Waals surface area contributed by atoms with Gasteiger partial charge in [0.05, 0.1) is 17.0 Å². The molecular formula is C14H12BrClO2S. The fourth-order valence-corrected chi connectivity index (χ4v) is 3.31. The molecule has 0 saturated carbocycles. The average molecular weight is 360 g/mol. The van der Waals surface area contributed by atoms with Gasteiger partial charge < -0.3 is 4.74 Å². The van der Waals surface area contributed by atoms with E-state index in [1.54, 1.807) is 7.11 Å². The Morgan fingerprint density at radius 2 is 2.21 bits per heavy atom. The second kappa shape index (κ2) is 6.07. The first kappa shape index (κ1) is 14.6. The van der Waals surface area contributed by atoms with Crippen molar-refractivity contribution in [3.05, 3.63) is 49.1 Å². The van der Waals surface area contributed by atoms with Crippen molar-refractivity contribution >= 4 is 44.7 Å². The number of hydrogen-bond donors (Lipinski definition) is 0. The van der Waals surface area contributed by atoms with Crippen LogP contribution in [0.5, 0.6) is 5.75 Å². The Morgan fingerprint density at radius 3 is 2.79 bits per heavy atom. The van der Waals surface area contributed by atoms with Gasteiger partial charge in [0, 0.05) is 10.9 Å². The zero-order valence-electron chi connectivity index (χ0n) is 10.5. The van der Waals surface area contributed by atoms with Gasteiger partial charge >= 0.3 is 0 Å². The van der Waals surface area contributed by atoms with Gasteiger partial charge in [0.15, 0.2) is 5.78 Å². The molecule has 0 saturated heterocycles. The maximum atomic E-state index is 12.3. The topological polar surface area (TPSA) is 26.3 Å². The number of ether oxygens (including phenoxy) is 1. The van der Waals surface area contributed by atoms with E-state index in [1.807, 2.05) is 30.5 Å². The van der Waals surface area contributed by atoms with Crippen LogP contribution in [0, 0.1) is 6.92 Å². The van der Waals surface area contributed by atoms with E-state index in [1.165, 1.54) is 11.3 Å². The quantitative estimate of drug-likeness (QED) is 0.725. The number of aryl methyl sites for hydroxylation is 1. The second-order valence-electron chi connectivity index (χ2n) is 4.12. The molecule has 0 unspecified atom stereocenters. The number of carbonyl (C=O) groups is 1. The van der Waals surface area contributed by atoms with Crippen molar-refractivity contribution in [2.45, 2.75) is 13.3 Å². The maximum absolute atomic E-state index is 12.3. The van der Waals surface area contributed by atoms with Crippen LogP contribution in [0.3, 0.4) is 0 Å². The molecule has 5 heteroatoms. The molecule has 2 aromatic rings. The zero-order chi connectivity index (χ0) is 14.0. The van der Waals surface area contributed by atoms with Gasteiger partial charge in [-0.25, -0.2) is 0 Å². The number of hydrogen-bond acceptors (Lipinski definition) is 3. The third kappa shape index (κ3) is 3.19. The number of rotatable bonds is 4. The van der Waals surface area contributed by atoms with E-state index >= 15 is 0 Å². The Kier molecular flexibility index (Phi) is 4.66. The smallest absolute Gasteiger partial charge is 0.178 e. The fraction of sp³-hybridized carbons (Fsp3) is 0.214. The van der Waals surface area contributed by atoms with Gasteiger partial charge in [-0.05, 0) is 41.6 Å². The lowest BCUT2D eigenvalue weighted by Crippen LogP contribution is -2.03. The molecule has 0 aliphatic heterocycles. The van der Waals surface area contributed by atoms with Crippen LogP contribution < -0.4 is 4.74 Å². The largest absolute Gasteiger partial charge is 0.497 e. The molecule has 1 aromatic carbocycles. The van der Waals surface area contributed by atoms with Crippen LogP contribution in [-0.4, -0.2) is 12.9 Å². The summed E-state index contributed by atoms with van der Waals surface area (Å²) in [6.07, 6.45) is 0.303. The number of carbonyl (C=O) groups excluding carboxylic acids is 1. The van der Waals surface area contributed by atoms with Gasteiger partial charge in [0.1, 0.15) is 5.75 Å². The van der Waals surface area contributed by atoms with Crippen LogP contribution in [0.4, 0.5) is 0 Å². The summed E-state index contributed by atoms with van der Waals surface area (Å²) in [5, 5.41) is 2.46. The minimum atomic E-state index is 0.0250. The number of ketones is 1. The molecule has 0 bridgehead atoms. The third-order valence-electron chi connectivity index (χ3n) is 2.76. The molecule has 2 nitrogen and oxygen atoms in total. The minimum absolute atomic E-state index is 0.0250. The van der Waals surface area contributed by atoms with Gasteiger partial charge in [-0.15, -0.1) is 11.3 Å². The van der Waals surface area contributed by atoms with E-state index in [4.69, 9.17) is 16.3 Å². The van der Waals surface area contributed by atoms with Crippen molar-refractivity contribution in [1.82, 2.24) is 0 Å². The maximum Gasteiger partial charge on any atom is 0.178 e. The van der Waals surface area contributed by atoms with Gasteiger partial charge in [-0.1, -0.05) is 27.5 Å². The van der Waals surface area contributed by atoms with Crippen LogP contribution in [0.1, 0.15) is 20.8 Å². The SMILES string of the molecule is COc1ccc(Br)c(CC(=O)c2scc(C)c2Cl)c1. The molecule has 0 radical (unpaired) electrons. The molecular weight excluding hydrogens is 348 g/mol. The van der Waals surface area contributed by atoms with Gasteiger partial charge in [-0.2, -0.15) is 0 Å². The molecule has 0 atom stereocenters. The molecule has 1 aromatic heterocycles. The summed E-state index contributed by atoms with van der Waals surface area (Å²) in [4.78, 5) is 12.9. The Morgan fingerprint density at radius 1 is 1.47 bits per heavy atom. The fourth-order valence-electron chi connectivity index (χ4n) is 1.68. The van der Waals surface area contributed by atoms with Gasteiger partial charge in [0.25, 0.3) is 0 Å². The molecule has 0 aliphatic carbocycles. The molecule has 100 valence electrons. The summed E-state index contributed by atoms with van der Waals surface area (Å²) in [6.45, 7) is 1.90. The van der Waals surface area contributed by atoms with Crippen LogP contribution in [0.2, 0.25) is 5.02 Å². The third-order valence-corrected chi connectivity index (χ3v) is 5.27. The van der Waals surface area contributed by atoms with Gasteiger partial charge in [-0.3, -0.25) is 4.79 Å². The van der Waals surface area contributed by atoms with Crippen molar-refractivity contribution in [2.24, 2.45) is 0 Å². The number of thiophene rings is 1. The van der Waals surface area contributed by atoms with E-state index < -0.39 is 0 Å². The highest BCUT2D eigenvalue weighted by molar-refractivity contribution is 9.10. The Labute approximate surface area is 129 Å². The van der Waals surface area contributed by atoms with Crippen molar-refractivity contribution in [1.29, 1.82) is 0 Å². The summed E-state index contributed by atoms with van der Waals surface area (Å²) in [7, 11) is 1.61. The first-order valence-electron chi connectivity index (χ1n) is 5.62. The number of benzene rings is 1. The molecule has 2 rings (SSSR count). The molecule has 19 heavy (non-hydrogen) atoms. The Hall–Kier alpha value is -0.840. The molecule has 0 amide bonds. The van der Waals surface area contributed by atoms with E-state index in [2.05, 4.69) is 15.9 Å². The summed E-state index contributed by atoms with van der Waals surface area (Å²) in [5.41, 5.74) is 1.84. The van der Waals surface area contributed by atoms with E-state index in [9.17, 15) is 4.79 Å². The van der Waals surface area contributed by atoms with Crippen molar-refractivity contribution in [2.75, 3.05) is 7.11 Å². The van der Waals surface area contributed by atoms with Crippen LogP contribution in [0.25, 0.3) is 0 Å². The lowest BCUT2D eigenvalue weighted by atomic mass is 10.1. The molecule has 0 aliphatic rings. The number of Topliss-reactive ketones (excluding diaryl/α,β-unsaturated/α-hetero) is 1. The van der Waals surface area contributed by atoms with E-state index in [0.29, 0.717) is 16.3 Å². The predicted octanol–water partition coefficient (Wildman–Crippen LogP) is 4.91. The van der Waals surface area contributed by atoms with Crippen LogP contribution in [0.15, 0.2) is 28.1 Å². The van der Waals surface area contributed by atoms with E-state index in [0.717, 1.165) is 21.3 Å². The van der Waals surface area contributed by atoms with Crippen LogP contribution in [-0.2, 0) is 6.42 Å². The highest BCUT2D eigenvalue weighted by Gasteiger charge is 2.16. The highest BCUT2D eigenvalue weighted by Crippen LogP contribution is 2.30. The first-order chi connectivity index (χ1) is 9.02. The second-order valence-corrected chi connectivity index (χ2v) is 6.23. The molecule has 0 N–H and O–H groups in total. The van der Waals surface area contributed by atoms with Crippen LogP contribution >= 0.6 is 38.9 Å². The Balaban J connectivity index is 2.26. The average Bonchev–Trinajstić information content (AvgIpc) is 2.73. The Bertz CT molecular complexity index is 622. The lowest BCUT2D eigenvalue weighted by Gasteiger charge is -2.06. The summed E-state index contributed by atoms with van der Waals surface area (Å²) in [6, 6.07) is 5.58. The normalized spacial score (nSPS) is 10.5. The zero-order valence-corrected chi connectivity index (χ0v) is 13.7. The number of methoxy groups -OCH3 is 1. The minimum Gasteiger partial charge on any atom is -0.497 e. The lowest BCUT2D eigenvalue weighted by molar-refractivity contribution is 0.0996. The van der Waals surface area contributed by atoms with Crippen molar-refractivity contribution in [3.63, 3.8) is 0 Å².